The molecule has 0 bridgehead atoms. The molecule has 0 radical (unpaired) electrons. The van der Waals surface area contributed by atoms with Gasteiger partial charge in [-0.05, 0) is 19.4 Å². The summed E-state index contributed by atoms with van der Waals surface area (Å²) in [5, 5.41) is 11.2. The Labute approximate surface area is 162 Å². The van der Waals surface area contributed by atoms with Crippen molar-refractivity contribution in [3.05, 3.63) is 35.9 Å². The third kappa shape index (κ3) is 2.73. The molecule has 0 amide bonds. The molecule has 28 heavy (non-hydrogen) atoms. The number of methoxy groups -OCH3 is 1. The minimum absolute atomic E-state index is 0.561. The van der Waals surface area contributed by atoms with Gasteiger partial charge in [-0.2, -0.15) is 5.06 Å². The summed E-state index contributed by atoms with van der Waals surface area (Å²) in [5.41, 5.74) is 0.800. The first-order chi connectivity index (χ1) is 13.2. The van der Waals surface area contributed by atoms with Gasteiger partial charge in [0.2, 0.25) is 5.79 Å². The number of carbonyl (C=O) groups is 2. The van der Waals surface area contributed by atoms with Crippen molar-refractivity contribution in [2.75, 3.05) is 14.2 Å². The fourth-order valence-corrected chi connectivity index (χ4v) is 4.41. The Morgan fingerprint density at radius 2 is 1.82 bits per heavy atom. The molecule has 9 heteroatoms. The second kappa shape index (κ2) is 6.50. The van der Waals surface area contributed by atoms with Crippen molar-refractivity contribution in [3.63, 3.8) is 0 Å². The van der Waals surface area contributed by atoms with E-state index in [4.69, 9.17) is 23.8 Å². The van der Waals surface area contributed by atoms with Gasteiger partial charge in [-0.1, -0.05) is 30.3 Å². The molecule has 3 heterocycles. The Morgan fingerprint density at radius 1 is 1.14 bits per heavy atom. The summed E-state index contributed by atoms with van der Waals surface area (Å²) in [7, 11) is 2.93. The lowest BCUT2D eigenvalue weighted by atomic mass is 9.84. The van der Waals surface area contributed by atoms with Crippen molar-refractivity contribution < 1.29 is 38.5 Å². The zero-order valence-electron chi connectivity index (χ0n) is 16.0. The molecule has 0 aliphatic carbocycles. The largest absolute Gasteiger partial charge is 0.479 e. The van der Waals surface area contributed by atoms with E-state index in [1.165, 1.54) is 12.2 Å². The molecule has 1 aromatic carbocycles. The minimum Gasteiger partial charge on any atom is -0.479 e. The molecular formula is C19H23NO8. The van der Waals surface area contributed by atoms with Crippen LogP contribution in [0.2, 0.25) is 0 Å². The maximum Gasteiger partial charge on any atom is 0.335 e. The molecule has 0 unspecified atom stereocenters. The minimum atomic E-state index is -1.69. The highest BCUT2D eigenvalue weighted by molar-refractivity contribution is 5.77. The quantitative estimate of drug-likeness (QED) is 0.756. The Balaban J connectivity index is 1.82. The Kier molecular flexibility index (Phi) is 4.48. The lowest BCUT2D eigenvalue weighted by molar-refractivity contribution is -0.336. The number of carbonyl (C=O) groups excluding carboxylic acids is 1. The van der Waals surface area contributed by atoms with Crippen LogP contribution < -0.4 is 0 Å². The first-order valence-electron chi connectivity index (χ1n) is 9.01. The summed E-state index contributed by atoms with van der Waals surface area (Å²) in [4.78, 5) is 30.7. The number of hydrogen-bond acceptors (Lipinski definition) is 8. The Bertz CT molecular complexity index is 783. The summed E-state index contributed by atoms with van der Waals surface area (Å²) < 4.78 is 22.7. The number of carboxylic acids is 1. The number of hydroxylamine groups is 2. The van der Waals surface area contributed by atoms with Gasteiger partial charge in [0.05, 0.1) is 13.2 Å². The number of benzene rings is 1. The van der Waals surface area contributed by atoms with Crippen molar-refractivity contribution in [2.24, 2.45) is 5.92 Å². The number of esters is 1. The van der Waals surface area contributed by atoms with Crippen LogP contribution in [0.15, 0.2) is 30.3 Å². The van der Waals surface area contributed by atoms with Crippen molar-refractivity contribution in [1.29, 1.82) is 0 Å². The van der Waals surface area contributed by atoms with E-state index < -0.39 is 53.8 Å². The molecule has 1 spiro atoms. The second-order valence-electron chi connectivity index (χ2n) is 7.61. The summed E-state index contributed by atoms with van der Waals surface area (Å²) in [6.07, 6.45) is -3.20. The van der Waals surface area contributed by atoms with Crippen molar-refractivity contribution >= 4 is 11.9 Å². The molecule has 152 valence electrons. The van der Waals surface area contributed by atoms with E-state index in [-0.39, 0.29) is 0 Å². The summed E-state index contributed by atoms with van der Waals surface area (Å²) in [5.74, 6) is -5.53. The van der Waals surface area contributed by atoms with Crippen LogP contribution in [0, 0.1) is 5.92 Å². The van der Waals surface area contributed by atoms with Crippen LogP contribution in [0.3, 0.4) is 0 Å². The van der Waals surface area contributed by atoms with Gasteiger partial charge in [-0.3, -0.25) is 9.63 Å². The average molecular weight is 393 g/mol. The number of carboxylic acid groups (broad SMARTS) is 1. The van der Waals surface area contributed by atoms with E-state index in [2.05, 4.69) is 0 Å². The van der Waals surface area contributed by atoms with Gasteiger partial charge in [0.15, 0.2) is 11.9 Å². The van der Waals surface area contributed by atoms with Crippen LogP contribution in [-0.2, 0) is 33.4 Å². The number of nitrogens with zero attached hydrogens (tertiary/aromatic N) is 1. The van der Waals surface area contributed by atoms with Crippen LogP contribution in [0.5, 0.6) is 0 Å². The topological polar surface area (TPSA) is 104 Å². The highest BCUT2D eigenvalue weighted by Crippen LogP contribution is 2.56. The zero-order valence-corrected chi connectivity index (χ0v) is 16.0. The molecule has 3 fully saturated rings. The van der Waals surface area contributed by atoms with Gasteiger partial charge in [-0.25, -0.2) is 4.79 Å². The molecule has 3 saturated heterocycles. The van der Waals surface area contributed by atoms with E-state index in [1.807, 2.05) is 30.3 Å². The molecular weight excluding hydrogens is 370 g/mol. The van der Waals surface area contributed by atoms with Gasteiger partial charge >= 0.3 is 11.9 Å². The van der Waals surface area contributed by atoms with Gasteiger partial charge in [-0.15, -0.1) is 0 Å². The summed E-state index contributed by atoms with van der Waals surface area (Å²) in [6.45, 7) is 3.36. The zero-order chi connectivity index (χ0) is 20.3. The smallest absolute Gasteiger partial charge is 0.335 e. The van der Waals surface area contributed by atoms with E-state index in [0.717, 1.165) is 5.56 Å². The van der Waals surface area contributed by atoms with E-state index in [1.54, 1.807) is 20.9 Å². The van der Waals surface area contributed by atoms with Gasteiger partial charge in [0.1, 0.15) is 18.1 Å². The molecule has 0 aromatic heterocycles. The van der Waals surface area contributed by atoms with Gasteiger partial charge in [0.25, 0.3) is 0 Å². The number of fused-ring (bicyclic) bond motifs is 2. The lowest BCUT2D eigenvalue weighted by Gasteiger charge is -2.33. The SMILES string of the molecule is COC(=O)[C@H]1[C@H](c2ccccc2)N(C)O[C@@]12O[C@H](C(=O)O)[C@H]1OC(C)(C)O[C@H]12. The Hall–Kier alpha value is -2.04. The van der Waals surface area contributed by atoms with Crippen LogP contribution in [0.4, 0.5) is 0 Å². The average Bonchev–Trinajstić information content (AvgIpc) is 3.23. The van der Waals surface area contributed by atoms with E-state index in [9.17, 15) is 14.7 Å². The second-order valence-corrected chi connectivity index (χ2v) is 7.61. The maximum absolute atomic E-state index is 12.9. The third-order valence-corrected chi connectivity index (χ3v) is 5.40. The maximum atomic E-state index is 12.9. The van der Waals surface area contributed by atoms with E-state index >= 15 is 0 Å². The standard InChI is InChI=1S/C19H23NO8/c1-18(2)25-13-14(16(21)22)26-19(15(13)27-18)11(17(23)24-4)12(20(3)28-19)10-8-6-5-7-9-10/h5-9,11-15H,1-4H3,(H,21,22)/t11-,12+,13-,14+,15-,19+/m1/s1. The number of ether oxygens (including phenoxy) is 4. The third-order valence-electron chi connectivity index (χ3n) is 5.40. The first kappa shape index (κ1) is 19.3. The van der Waals surface area contributed by atoms with Crippen molar-refractivity contribution in [2.45, 2.75) is 49.8 Å². The highest BCUT2D eigenvalue weighted by Gasteiger charge is 2.74. The molecule has 1 N–H and O–H groups in total. The number of rotatable bonds is 3. The van der Waals surface area contributed by atoms with E-state index in [0.29, 0.717) is 0 Å². The van der Waals surface area contributed by atoms with Crippen molar-refractivity contribution in [3.8, 4) is 0 Å². The molecule has 3 aliphatic rings. The van der Waals surface area contributed by atoms with Crippen LogP contribution in [0.25, 0.3) is 0 Å². The fraction of sp³-hybridized carbons (Fsp3) is 0.579. The molecule has 3 aliphatic heterocycles. The summed E-state index contributed by atoms with van der Waals surface area (Å²) in [6, 6.07) is 8.71. The van der Waals surface area contributed by atoms with Crippen LogP contribution in [0.1, 0.15) is 25.5 Å². The normalized spacial score (nSPS) is 39.2. The van der Waals surface area contributed by atoms with Crippen LogP contribution >= 0.6 is 0 Å². The molecule has 0 saturated carbocycles. The van der Waals surface area contributed by atoms with Gasteiger partial charge < -0.3 is 24.1 Å². The van der Waals surface area contributed by atoms with Crippen LogP contribution in [-0.4, -0.2) is 66.2 Å². The molecule has 4 rings (SSSR count). The Morgan fingerprint density at radius 3 is 2.43 bits per heavy atom. The molecule has 6 atom stereocenters. The van der Waals surface area contributed by atoms with Crippen molar-refractivity contribution in [1.82, 2.24) is 5.06 Å². The highest BCUT2D eigenvalue weighted by atomic mass is 16.9. The fourth-order valence-electron chi connectivity index (χ4n) is 4.41. The van der Waals surface area contributed by atoms with Gasteiger partial charge in [0, 0.05) is 7.05 Å². The molecule has 1 aromatic rings. The number of aliphatic carboxylic acids is 1. The predicted molar refractivity (Wildman–Crippen MR) is 92.6 cm³/mol. The monoisotopic (exact) mass is 393 g/mol. The number of hydrogen-bond donors (Lipinski definition) is 1. The lowest BCUT2D eigenvalue weighted by Crippen LogP contribution is -2.51. The summed E-state index contributed by atoms with van der Waals surface area (Å²) >= 11 is 0. The molecule has 9 nitrogen and oxygen atoms in total. The predicted octanol–water partition coefficient (Wildman–Crippen LogP) is 1.09. The first-order valence-corrected chi connectivity index (χ1v) is 9.01.